The van der Waals surface area contributed by atoms with Gasteiger partial charge in [-0.2, -0.15) is 0 Å². The van der Waals surface area contributed by atoms with Crippen molar-refractivity contribution in [3.63, 3.8) is 0 Å². The van der Waals surface area contributed by atoms with Crippen LogP contribution in [0.15, 0.2) is 47.5 Å². The lowest BCUT2D eigenvalue weighted by Gasteiger charge is -2.14. The van der Waals surface area contributed by atoms with E-state index in [0.717, 1.165) is 18.2 Å². The SMILES string of the molecule is CC(NS(=O)(=O)c1ccc(F)cc1N)c1ccccn1. The summed E-state index contributed by atoms with van der Waals surface area (Å²) < 4.78 is 39.8. The summed E-state index contributed by atoms with van der Waals surface area (Å²) in [5.41, 5.74) is 5.99. The molecule has 1 atom stereocenters. The molecule has 1 heterocycles. The molecule has 7 heteroatoms. The van der Waals surface area contributed by atoms with E-state index >= 15 is 0 Å². The molecule has 0 fully saturated rings. The van der Waals surface area contributed by atoms with Crippen LogP contribution in [0.3, 0.4) is 0 Å². The average molecular weight is 295 g/mol. The summed E-state index contributed by atoms with van der Waals surface area (Å²) in [5, 5.41) is 0. The molecule has 0 amide bonds. The summed E-state index contributed by atoms with van der Waals surface area (Å²) in [6.07, 6.45) is 1.58. The second kappa shape index (κ2) is 5.56. The third-order valence-electron chi connectivity index (χ3n) is 2.72. The molecule has 1 aromatic heterocycles. The van der Waals surface area contributed by atoms with Crippen molar-refractivity contribution in [1.29, 1.82) is 0 Å². The lowest BCUT2D eigenvalue weighted by atomic mass is 10.2. The first-order valence-corrected chi connectivity index (χ1v) is 7.37. The fourth-order valence-corrected chi connectivity index (χ4v) is 3.08. The van der Waals surface area contributed by atoms with Crippen LogP contribution in [0.25, 0.3) is 0 Å². The number of sulfonamides is 1. The molecule has 0 aliphatic rings. The molecule has 0 bridgehead atoms. The highest BCUT2D eigenvalue weighted by molar-refractivity contribution is 7.89. The Morgan fingerprint density at radius 3 is 2.65 bits per heavy atom. The Balaban J connectivity index is 2.28. The van der Waals surface area contributed by atoms with Crippen LogP contribution >= 0.6 is 0 Å². The molecule has 106 valence electrons. The van der Waals surface area contributed by atoms with Gasteiger partial charge in [-0.15, -0.1) is 0 Å². The molecule has 0 saturated heterocycles. The Morgan fingerprint density at radius 1 is 1.30 bits per heavy atom. The summed E-state index contributed by atoms with van der Waals surface area (Å²) in [5.74, 6) is -0.584. The van der Waals surface area contributed by atoms with E-state index in [4.69, 9.17) is 5.73 Å². The average Bonchev–Trinajstić information content (AvgIpc) is 2.38. The molecule has 1 aromatic carbocycles. The number of benzene rings is 1. The van der Waals surface area contributed by atoms with Crippen molar-refractivity contribution in [2.45, 2.75) is 17.9 Å². The maximum absolute atomic E-state index is 13.0. The van der Waals surface area contributed by atoms with Crippen LogP contribution in [0, 0.1) is 5.82 Å². The molecular formula is C13H14FN3O2S. The first-order valence-electron chi connectivity index (χ1n) is 5.88. The van der Waals surface area contributed by atoms with Gasteiger partial charge in [0.15, 0.2) is 0 Å². The topological polar surface area (TPSA) is 85.1 Å². The largest absolute Gasteiger partial charge is 0.398 e. The van der Waals surface area contributed by atoms with Crippen molar-refractivity contribution in [3.8, 4) is 0 Å². The molecule has 3 N–H and O–H groups in total. The number of halogens is 1. The molecule has 0 aliphatic heterocycles. The number of anilines is 1. The van der Waals surface area contributed by atoms with Gasteiger partial charge in [0.1, 0.15) is 10.7 Å². The lowest BCUT2D eigenvalue weighted by Crippen LogP contribution is -2.28. The van der Waals surface area contributed by atoms with Crippen LogP contribution in [0.5, 0.6) is 0 Å². The number of aromatic nitrogens is 1. The number of hydrogen-bond donors (Lipinski definition) is 2. The molecule has 0 aliphatic carbocycles. The van der Waals surface area contributed by atoms with Crippen LogP contribution in [-0.2, 0) is 10.0 Å². The van der Waals surface area contributed by atoms with Gasteiger partial charge in [0.05, 0.1) is 17.4 Å². The summed E-state index contributed by atoms with van der Waals surface area (Å²) >= 11 is 0. The van der Waals surface area contributed by atoms with Crippen LogP contribution < -0.4 is 10.5 Å². The van der Waals surface area contributed by atoms with E-state index in [2.05, 4.69) is 9.71 Å². The summed E-state index contributed by atoms with van der Waals surface area (Å²) in [7, 11) is -3.84. The molecule has 2 rings (SSSR count). The van der Waals surface area contributed by atoms with E-state index in [-0.39, 0.29) is 10.6 Å². The van der Waals surface area contributed by atoms with Gasteiger partial charge >= 0.3 is 0 Å². The molecule has 1 unspecified atom stereocenters. The maximum atomic E-state index is 13.0. The molecule has 5 nitrogen and oxygen atoms in total. The monoisotopic (exact) mass is 295 g/mol. The normalized spacial score (nSPS) is 13.1. The second-order valence-corrected chi connectivity index (χ2v) is 5.96. The second-order valence-electron chi connectivity index (χ2n) is 4.28. The van der Waals surface area contributed by atoms with Crippen LogP contribution in [0.2, 0.25) is 0 Å². The van der Waals surface area contributed by atoms with Gasteiger partial charge in [0.25, 0.3) is 0 Å². The highest BCUT2D eigenvalue weighted by Gasteiger charge is 2.21. The van der Waals surface area contributed by atoms with Crippen molar-refractivity contribution >= 4 is 15.7 Å². The predicted octanol–water partition coefficient (Wildman–Crippen LogP) is 1.84. The van der Waals surface area contributed by atoms with Gasteiger partial charge in [0.2, 0.25) is 10.0 Å². The standard InChI is InChI=1S/C13H14FN3O2S/c1-9(12-4-2-3-7-16-12)17-20(18,19)13-6-5-10(14)8-11(13)15/h2-9,17H,15H2,1H3. The van der Waals surface area contributed by atoms with Gasteiger partial charge in [-0.3, -0.25) is 4.98 Å². The minimum atomic E-state index is -3.84. The Kier molecular flexibility index (Phi) is 4.01. The van der Waals surface area contributed by atoms with E-state index in [1.54, 1.807) is 31.3 Å². The number of nitrogens with zero attached hydrogens (tertiary/aromatic N) is 1. The number of nitrogens with one attached hydrogen (secondary N) is 1. The number of nitrogens with two attached hydrogens (primary N) is 1. The predicted molar refractivity (Wildman–Crippen MR) is 73.8 cm³/mol. The fourth-order valence-electron chi connectivity index (χ4n) is 1.75. The third kappa shape index (κ3) is 3.12. The molecular weight excluding hydrogens is 281 g/mol. The number of rotatable bonds is 4. The number of pyridine rings is 1. The molecule has 20 heavy (non-hydrogen) atoms. The number of nitrogen functional groups attached to an aromatic ring is 1. The Hall–Kier alpha value is -1.99. The summed E-state index contributed by atoms with van der Waals surface area (Å²) in [4.78, 5) is 3.92. The highest BCUT2D eigenvalue weighted by Crippen LogP contribution is 2.21. The lowest BCUT2D eigenvalue weighted by molar-refractivity contribution is 0.564. The van der Waals surface area contributed by atoms with Crippen LogP contribution in [-0.4, -0.2) is 13.4 Å². The molecule has 0 spiro atoms. The zero-order valence-corrected chi connectivity index (χ0v) is 11.6. The summed E-state index contributed by atoms with van der Waals surface area (Å²) in [6, 6.07) is 7.85. The van der Waals surface area contributed by atoms with Crippen LogP contribution in [0.4, 0.5) is 10.1 Å². The van der Waals surface area contributed by atoms with Crippen molar-refractivity contribution in [2.75, 3.05) is 5.73 Å². The maximum Gasteiger partial charge on any atom is 0.243 e. The van der Waals surface area contributed by atoms with E-state index in [0.29, 0.717) is 5.69 Å². The zero-order chi connectivity index (χ0) is 14.8. The Labute approximate surface area is 116 Å². The molecule has 0 radical (unpaired) electrons. The van der Waals surface area contributed by atoms with E-state index in [1.807, 2.05) is 0 Å². The highest BCUT2D eigenvalue weighted by atomic mass is 32.2. The minimum absolute atomic E-state index is 0.134. The summed E-state index contributed by atoms with van der Waals surface area (Å²) in [6.45, 7) is 1.67. The number of hydrogen-bond acceptors (Lipinski definition) is 4. The minimum Gasteiger partial charge on any atom is -0.398 e. The molecule has 2 aromatic rings. The van der Waals surface area contributed by atoms with Gasteiger partial charge in [0, 0.05) is 6.20 Å². The fraction of sp³-hybridized carbons (Fsp3) is 0.154. The van der Waals surface area contributed by atoms with Crippen molar-refractivity contribution in [3.05, 3.63) is 54.1 Å². The van der Waals surface area contributed by atoms with Gasteiger partial charge in [-0.1, -0.05) is 6.07 Å². The molecule has 0 saturated carbocycles. The van der Waals surface area contributed by atoms with Crippen LogP contribution in [0.1, 0.15) is 18.7 Å². The van der Waals surface area contributed by atoms with E-state index in [1.165, 1.54) is 0 Å². The van der Waals surface area contributed by atoms with Gasteiger partial charge < -0.3 is 5.73 Å². The Morgan fingerprint density at radius 2 is 2.05 bits per heavy atom. The van der Waals surface area contributed by atoms with Gasteiger partial charge in [-0.05, 0) is 37.3 Å². The quantitative estimate of drug-likeness (QED) is 0.843. The zero-order valence-electron chi connectivity index (χ0n) is 10.7. The first kappa shape index (κ1) is 14.4. The van der Waals surface area contributed by atoms with E-state index < -0.39 is 21.9 Å². The smallest absolute Gasteiger partial charge is 0.243 e. The van der Waals surface area contributed by atoms with E-state index in [9.17, 15) is 12.8 Å². The van der Waals surface area contributed by atoms with Crippen molar-refractivity contribution in [2.24, 2.45) is 0 Å². The first-order chi connectivity index (χ1) is 9.40. The Bertz CT molecular complexity index is 705. The van der Waals surface area contributed by atoms with Gasteiger partial charge in [-0.25, -0.2) is 17.5 Å². The third-order valence-corrected chi connectivity index (χ3v) is 4.34. The van der Waals surface area contributed by atoms with Crippen molar-refractivity contribution < 1.29 is 12.8 Å². The van der Waals surface area contributed by atoms with Crippen molar-refractivity contribution in [1.82, 2.24) is 9.71 Å².